The maximum absolute atomic E-state index is 12.3. The van der Waals surface area contributed by atoms with E-state index >= 15 is 0 Å². The highest BCUT2D eigenvalue weighted by molar-refractivity contribution is 5.95. The Morgan fingerprint density at radius 3 is 1.12 bits per heavy atom. The number of rotatable bonds is 7. The number of ketones is 2. The number of benzene rings is 2. The molecule has 0 saturated heterocycles. The van der Waals surface area contributed by atoms with Gasteiger partial charge < -0.3 is 34.0 Å². The minimum Gasteiger partial charge on any atom is -1.00 e. The molecule has 0 N–H and O–H groups in total. The van der Waals surface area contributed by atoms with Gasteiger partial charge in [0.15, 0.2) is 24.8 Å². The van der Waals surface area contributed by atoms with Crippen LogP contribution in [0, 0.1) is 0 Å². The first-order valence-electron chi connectivity index (χ1n) is 9.84. The summed E-state index contributed by atoms with van der Waals surface area (Å²) in [6.07, 6.45) is 7.65. The van der Waals surface area contributed by atoms with Crippen LogP contribution in [0.1, 0.15) is 20.7 Å². The summed E-state index contributed by atoms with van der Waals surface area (Å²) in [5, 5.41) is 0. The van der Waals surface area contributed by atoms with Crippen LogP contribution in [0.2, 0.25) is 0 Å². The molecule has 0 fully saturated rings. The van der Waals surface area contributed by atoms with Crippen molar-refractivity contribution in [3.63, 3.8) is 0 Å². The van der Waals surface area contributed by atoms with E-state index in [1.165, 1.54) is 0 Å². The maximum atomic E-state index is 12.3. The fraction of sp³-hybridized carbons (Fsp3) is 0.0769. The predicted molar refractivity (Wildman–Crippen MR) is 114 cm³/mol. The number of aromatic nitrogens is 2. The SMILES string of the molecule is O=C(C[n+]1ccc(-c2cc[n+](CC(=O)c3ccccc3)cc2)cc1)c1ccccc1.[Br-].[Br-]. The van der Waals surface area contributed by atoms with Crippen molar-refractivity contribution in [1.82, 2.24) is 0 Å². The van der Waals surface area contributed by atoms with Crippen LogP contribution in [0.15, 0.2) is 110 Å². The Kier molecular flexibility index (Phi) is 9.62. The van der Waals surface area contributed by atoms with E-state index in [0.29, 0.717) is 24.2 Å². The molecule has 0 atom stereocenters. The third kappa shape index (κ3) is 6.52. The predicted octanol–water partition coefficient (Wildman–Crippen LogP) is -2.30. The molecular formula is C26H22Br2N2O2. The molecule has 0 radical (unpaired) electrons. The monoisotopic (exact) mass is 552 g/mol. The molecule has 2 heterocycles. The molecule has 4 aromatic rings. The van der Waals surface area contributed by atoms with Crippen molar-refractivity contribution in [1.29, 1.82) is 0 Å². The highest BCUT2D eigenvalue weighted by Crippen LogP contribution is 2.15. The summed E-state index contributed by atoms with van der Waals surface area (Å²) < 4.78 is 3.75. The summed E-state index contributed by atoms with van der Waals surface area (Å²) in [4.78, 5) is 24.7. The average Bonchev–Trinajstić information content (AvgIpc) is 2.81. The molecule has 4 nitrogen and oxygen atoms in total. The Hall–Kier alpha value is -2.96. The zero-order chi connectivity index (χ0) is 20.8. The lowest BCUT2D eigenvalue weighted by Crippen LogP contribution is -3.00. The first-order chi connectivity index (χ1) is 14.7. The van der Waals surface area contributed by atoms with Crippen molar-refractivity contribution in [2.75, 3.05) is 0 Å². The smallest absolute Gasteiger partial charge is 0.227 e. The van der Waals surface area contributed by atoms with E-state index in [2.05, 4.69) is 0 Å². The third-order valence-electron chi connectivity index (χ3n) is 4.96. The van der Waals surface area contributed by atoms with Crippen molar-refractivity contribution < 1.29 is 52.7 Å². The van der Waals surface area contributed by atoms with Gasteiger partial charge in [0.25, 0.3) is 0 Å². The Bertz CT molecular complexity index is 1050. The van der Waals surface area contributed by atoms with Crippen molar-refractivity contribution >= 4 is 11.6 Å². The normalized spacial score (nSPS) is 9.88. The van der Waals surface area contributed by atoms with Gasteiger partial charge in [0, 0.05) is 35.4 Å². The van der Waals surface area contributed by atoms with Crippen LogP contribution < -0.4 is 43.1 Å². The Morgan fingerprint density at radius 1 is 0.500 bits per heavy atom. The number of carbonyl (C=O) groups excluding carboxylic acids is 2. The molecule has 0 bridgehead atoms. The van der Waals surface area contributed by atoms with Crippen molar-refractivity contribution in [2.45, 2.75) is 13.1 Å². The first kappa shape index (κ1) is 25.3. The van der Waals surface area contributed by atoms with Crippen LogP contribution in [-0.4, -0.2) is 11.6 Å². The van der Waals surface area contributed by atoms with E-state index in [1.54, 1.807) is 0 Å². The lowest BCUT2D eigenvalue weighted by molar-refractivity contribution is -0.683. The highest BCUT2D eigenvalue weighted by Gasteiger charge is 2.14. The van der Waals surface area contributed by atoms with Gasteiger partial charge >= 0.3 is 0 Å². The molecule has 4 rings (SSSR count). The van der Waals surface area contributed by atoms with Crippen molar-refractivity contribution in [3.05, 3.63) is 121 Å². The summed E-state index contributed by atoms with van der Waals surface area (Å²) in [5.74, 6) is 0.161. The molecule has 2 aromatic heterocycles. The Balaban J connectivity index is 0.00000181. The van der Waals surface area contributed by atoms with E-state index in [1.807, 2.05) is 119 Å². The van der Waals surface area contributed by atoms with Gasteiger partial charge in [0.1, 0.15) is 0 Å². The number of pyridine rings is 2. The number of nitrogens with zero attached hydrogens (tertiary/aromatic N) is 2. The number of hydrogen-bond acceptors (Lipinski definition) is 2. The quantitative estimate of drug-likeness (QED) is 0.191. The fourth-order valence-corrected chi connectivity index (χ4v) is 3.27. The summed E-state index contributed by atoms with van der Waals surface area (Å²) in [6, 6.07) is 26.6. The second-order valence-corrected chi connectivity index (χ2v) is 7.10. The molecule has 2 aromatic carbocycles. The lowest BCUT2D eigenvalue weighted by atomic mass is 10.1. The van der Waals surface area contributed by atoms with Gasteiger partial charge in [-0.2, -0.15) is 9.13 Å². The number of hydrogen-bond donors (Lipinski definition) is 0. The van der Waals surface area contributed by atoms with Crippen LogP contribution in [0.3, 0.4) is 0 Å². The van der Waals surface area contributed by atoms with E-state index < -0.39 is 0 Å². The summed E-state index contributed by atoms with van der Waals surface area (Å²) in [7, 11) is 0. The average molecular weight is 554 g/mol. The van der Waals surface area contributed by atoms with Crippen LogP contribution in [0.25, 0.3) is 11.1 Å². The van der Waals surface area contributed by atoms with Gasteiger partial charge in [-0.3, -0.25) is 9.59 Å². The van der Waals surface area contributed by atoms with Crippen LogP contribution in [-0.2, 0) is 13.1 Å². The Morgan fingerprint density at radius 2 is 0.812 bits per heavy atom. The summed E-state index contributed by atoms with van der Waals surface area (Å²) in [6.45, 7) is 0.612. The van der Waals surface area contributed by atoms with Gasteiger partial charge in [0.2, 0.25) is 24.7 Å². The van der Waals surface area contributed by atoms with Gasteiger partial charge in [-0.05, 0) is 11.1 Å². The fourth-order valence-electron chi connectivity index (χ4n) is 3.27. The molecule has 0 aliphatic heterocycles. The molecule has 0 unspecified atom stereocenters. The van der Waals surface area contributed by atoms with Crippen LogP contribution in [0.4, 0.5) is 0 Å². The molecule has 6 heteroatoms. The molecular weight excluding hydrogens is 532 g/mol. The number of halogens is 2. The van der Waals surface area contributed by atoms with Gasteiger partial charge in [-0.15, -0.1) is 0 Å². The summed E-state index contributed by atoms with van der Waals surface area (Å²) >= 11 is 0. The number of Topliss-reactive ketones (excluding diaryl/α,β-unsaturated/α-hetero) is 2. The van der Waals surface area contributed by atoms with Crippen molar-refractivity contribution in [2.24, 2.45) is 0 Å². The van der Waals surface area contributed by atoms with E-state index in [-0.39, 0.29) is 45.5 Å². The topological polar surface area (TPSA) is 41.9 Å². The van der Waals surface area contributed by atoms with E-state index in [9.17, 15) is 9.59 Å². The van der Waals surface area contributed by atoms with Crippen LogP contribution in [0.5, 0.6) is 0 Å². The highest BCUT2D eigenvalue weighted by atomic mass is 79.9. The van der Waals surface area contributed by atoms with Crippen LogP contribution >= 0.6 is 0 Å². The Labute approximate surface area is 208 Å². The van der Waals surface area contributed by atoms with Crippen molar-refractivity contribution in [3.8, 4) is 11.1 Å². The van der Waals surface area contributed by atoms with Gasteiger partial charge in [-0.1, -0.05) is 60.7 Å². The molecule has 0 aliphatic carbocycles. The zero-order valence-electron chi connectivity index (χ0n) is 17.3. The molecule has 0 aliphatic rings. The molecule has 0 amide bonds. The minimum absolute atomic E-state index is 0. The molecule has 0 spiro atoms. The second kappa shape index (κ2) is 12.2. The standard InChI is InChI=1S/C26H22N2O2.2BrH/c29-25(23-7-3-1-4-8-23)19-27-15-11-21(12-16-27)22-13-17-28(18-14-22)20-26(30)24-9-5-2-6-10-24;;/h1-18H,19-20H2;2*1H/q+2;;/p-2. The summed E-state index contributed by atoms with van der Waals surface area (Å²) in [5.41, 5.74) is 3.54. The molecule has 162 valence electrons. The van der Waals surface area contributed by atoms with Gasteiger partial charge in [0.05, 0.1) is 0 Å². The number of carbonyl (C=O) groups is 2. The molecule has 32 heavy (non-hydrogen) atoms. The zero-order valence-corrected chi connectivity index (χ0v) is 20.4. The van der Waals surface area contributed by atoms with E-state index in [4.69, 9.17) is 0 Å². The first-order valence-corrected chi connectivity index (χ1v) is 9.84. The third-order valence-corrected chi connectivity index (χ3v) is 4.96. The molecule has 0 saturated carbocycles. The minimum atomic E-state index is 0. The maximum Gasteiger partial charge on any atom is 0.227 e. The second-order valence-electron chi connectivity index (χ2n) is 7.10. The largest absolute Gasteiger partial charge is 1.00 e. The van der Waals surface area contributed by atoms with Gasteiger partial charge in [-0.25, -0.2) is 0 Å². The lowest BCUT2D eigenvalue weighted by Gasteiger charge is -2.02. The van der Waals surface area contributed by atoms with E-state index in [0.717, 1.165) is 11.1 Å².